The van der Waals surface area contributed by atoms with Crippen molar-refractivity contribution in [1.29, 1.82) is 5.26 Å². The summed E-state index contributed by atoms with van der Waals surface area (Å²) in [6, 6.07) is 1.19. The van der Waals surface area contributed by atoms with Gasteiger partial charge in [-0.3, -0.25) is 14.6 Å². The van der Waals surface area contributed by atoms with E-state index in [0.717, 1.165) is 23.2 Å². The Morgan fingerprint density at radius 1 is 1.44 bits per heavy atom. The minimum Gasteiger partial charge on any atom is -0.325 e. The van der Waals surface area contributed by atoms with E-state index in [2.05, 4.69) is 11.1 Å². The molecule has 2 aliphatic heterocycles. The highest BCUT2D eigenvalue weighted by Gasteiger charge is 2.43. The van der Waals surface area contributed by atoms with Crippen LogP contribution in [0.4, 0.5) is 0 Å². The SMILES string of the molecule is CC(C)[C@H](C(=O)N1CCC[C@@H]1C#N)N1Cc2c(Cl)cnc3c2C(=CC3)C1=O. The Bertz CT molecular complexity index is 902. The van der Waals surface area contributed by atoms with Crippen LogP contribution in [0.25, 0.3) is 5.57 Å². The van der Waals surface area contributed by atoms with Crippen molar-refractivity contribution in [2.45, 2.75) is 51.7 Å². The average Bonchev–Trinajstić information content (AvgIpc) is 3.28. The van der Waals surface area contributed by atoms with Gasteiger partial charge in [0.05, 0.1) is 16.8 Å². The van der Waals surface area contributed by atoms with Crippen molar-refractivity contribution in [2.24, 2.45) is 5.92 Å². The van der Waals surface area contributed by atoms with Crippen LogP contribution in [-0.4, -0.2) is 45.2 Å². The van der Waals surface area contributed by atoms with Crippen molar-refractivity contribution in [2.75, 3.05) is 6.54 Å². The molecule has 2 atom stereocenters. The van der Waals surface area contributed by atoms with E-state index in [0.29, 0.717) is 36.5 Å². The number of allylic oxidation sites excluding steroid dienone is 1. The first-order valence-electron chi connectivity index (χ1n) is 9.32. The Morgan fingerprint density at radius 3 is 2.93 bits per heavy atom. The summed E-state index contributed by atoms with van der Waals surface area (Å²) in [7, 11) is 0. The molecule has 27 heavy (non-hydrogen) atoms. The number of nitrogens with zero attached hydrogens (tertiary/aromatic N) is 4. The molecular weight excluding hydrogens is 364 g/mol. The van der Waals surface area contributed by atoms with Gasteiger partial charge in [0.1, 0.15) is 12.1 Å². The second kappa shape index (κ2) is 6.65. The number of carbonyl (C=O) groups is 2. The molecule has 0 bridgehead atoms. The minimum absolute atomic E-state index is 0.0787. The molecule has 1 aromatic rings. The molecule has 2 amide bonds. The Hall–Kier alpha value is -2.39. The van der Waals surface area contributed by atoms with Gasteiger partial charge in [-0.1, -0.05) is 31.5 Å². The normalized spacial score (nSPS) is 22.0. The maximum absolute atomic E-state index is 13.3. The summed E-state index contributed by atoms with van der Waals surface area (Å²) in [5.74, 6) is -0.370. The number of carbonyl (C=O) groups excluding carboxylic acids is 2. The summed E-state index contributed by atoms with van der Waals surface area (Å²) in [6.07, 6.45) is 5.62. The first-order chi connectivity index (χ1) is 12.9. The number of likely N-dealkylation sites (tertiary alicyclic amines) is 1. The summed E-state index contributed by atoms with van der Waals surface area (Å²) in [4.78, 5) is 34.2. The Labute approximate surface area is 163 Å². The van der Waals surface area contributed by atoms with E-state index in [4.69, 9.17) is 11.6 Å². The highest BCUT2D eigenvalue weighted by atomic mass is 35.5. The van der Waals surface area contributed by atoms with Gasteiger partial charge < -0.3 is 9.80 Å². The monoisotopic (exact) mass is 384 g/mol. The lowest BCUT2D eigenvalue weighted by Crippen LogP contribution is -2.55. The standard InChI is InChI=1S/C20H21ClN4O2/c1-11(2)18(20(27)24-7-3-4-12(24)8-22)25-10-14-15(21)9-23-16-6-5-13(17(14)16)19(25)26/h5,9,11-12,18H,3-4,6-7,10H2,1-2H3/t12-,18-/m1/s1. The zero-order chi connectivity index (χ0) is 19.3. The molecule has 0 aromatic carbocycles. The van der Waals surface area contributed by atoms with E-state index in [1.807, 2.05) is 19.9 Å². The summed E-state index contributed by atoms with van der Waals surface area (Å²) in [6.45, 7) is 4.73. The lowest BCUT2D eigenvalue weighted by Gasteiger charge is -2.39. The molecule has 1 aliphatic carbocycles. The van der Waals surface area contributed by atoms with Crippen LogP contribution in [-0.2, 0) is 22.6 Å². The van der Waals surface area contributed by atoms with Crippen molar-refractivity contribution < 1.29 is 9.59 Å². The third-order valence-electron chi connectivity index (χ3n) is 5.71. The van der Waals surface area contributed by atoms with Gasteiger partial charge in [-0.15, -0.1) is 0 Å². The largest absolute Gasteiger partial charge is 0.325 e. The predicted molar refractivity (Wildman–Crippen MR) is 100 cm³/mol. The summed E-state index contributed by atoms with van der Waals surface area (Å²) in [5, 5.41) is 9.88. The van der Waals surface area contributed by atoms with E-state index < -0.39 is 12.1 Å². The second-order valence-electron chi connectivity index (χ2n) is 7.67. The second-order valence-corrected chi connectivity index (χ2v) is 8.08. The van der Waals surface area contributed by atoms with Crippen LogP contribution < -0.4 is 0 Å². The molecule has 0 unspecified atom stereocenters. The highest BCUT2D eigenvalue weighted by molar-refractivity contribution is 6.32. The fourth-order valence-electron chi connectivity index (χ4n) is 4.43. The van der Waals surface area contributed by atoms with E-state index in [1.165, 1.54) is 0 Å². The van der Waals surface area contributed by atoms with E-state index >= 15 is 0 Å². The summed E-state index contributed by atoms with van der Waals surface area (Å²) >= 11 is 6.39. The maximum atomic E-state index is 13.3. The van der Waals surface area contributed by atoms with E-state index in [-0.39, 0.29) is 17.7 Å². The summed E-state index contributed by atoms with van der Waals surface area (Å²) in [5.41, 5.74) is 3.17. The Morgan fingerprint density at radius 2 is 2.22 bits per heavy atom. The highest BCUT2D eigenvalue weighted by Crippen LogP contribution is 2.40. The molecule has 4 rings (SSSR count). The van der Waals surface area contributed by atoms with Crippen molar-refractivity contribution in [3.8, 4) is 6.07 Å². The molecule has 1 aromatic heterocycles. The lowest BCUT2D eigenvalue weighted by molar-refractivity contribution is -0.146. The lowest BCUT2D eigenvalue weighted by atomic mass is 9.92. The van der Waals surface area contributed by atoms with E-state index in [9.17, 15) is 14.9 Å². The molecule has 1 fully saturated rings. The number of halogens is 1. The summed E-state index contributed by atoms with van der Waals surface area (Å²) < 4.78 is 0. The first-order valence-corrected chi connectivity index (χ1v) is 9.69. The minimum atomic E-state index is -0.617. The molecule has 140 valence electrons. The van der Waals surface area contributed by atoms with Gasteiger partial charge in [-0.25, -0.2) is 0 Å². The van der Waals surface area contributed by atoms with Gasteiger partial charge in [0.15, 0.2) is 0 Å². The molecule has 0 spiro atoms. The molecule has 0 N–H and O–H groups in total. The molecular formula is C20H21ClN4O2. The molecule has 0 radical (unpaired) electrons. The number of rotatable bonds is 3. The topological polar surface area (TPSA) is 77.3 Å². The molecule has 3 aliphatic rings. The maximum Gasteiger partial charge on any atom is 0.255 e. The van der Waals surface area contributed by atoms with Gasteiger partial charge in [0.2, 0.25) is 5.91 Å². The Balaban J connectivity index is 1.73. The van der Waals surface area contributed by atoms with Crippen molar-refractivity contribution in [3.63, 3.8) is 0 Å². The molecule has 6 nitrogen and oxygen atoms in total. The predicted octanol–water partition coefficient (Wildman–Crippen LogP) is 2.56. The zero-order valence-corrected chi connectivity index (χ0v) is 16.2. The van der Waals surface area contributed by atoms with Gasteiger partial charge in [-0.05, 0) is 18.8 Å². The van der Waals surface area contributed by atoms with Crippen molar-refractivity contribution >= 4 is 29.0 Å². The smallest absolute Gasteiger partial charge is 0.255 e. The molecule has 7 heteroatoms. The van der Waals surface area contributed by atoms with Crippen molar-refractivity contribution in [1.82, 2.24) is 14.8 Å². The Kier molecular flexibility index (Phi) is 4.43. The van der Waals surface area contributed by atoms with Crippen LogP contribution in [0.3, 0.4) is 0 Å². The van der Waals surface area contributed by atoms with Gasteiger partial charge in [0.25, 0.3) is 5.91 Å². The fraction of sp³-hybridized carbons (Fsp3) is 0.500. The van der Waals surface area contributed by atoms with E-state index in [1.54, 1.807) is 16.0 Å². The van der Waals surface area contributed by atoms with Crippen molar-refractivity contribution in [3.05, 3.63) is 34.1 Å². The van der Waals surface area contributed by atoms with Crippen LogP contribution in [0.1, 0.15) is 43.5 Å². The first kappa shape index (κ1) is 18.0. The average molecular weight is 385 g/mol. The zero-order valence-electron chi connectivity index (χ0n) is 15.4. The molecule has 3 heterocycles. The van der Waals surface area contributed by atoms with Gasteiger partial charge in [-0.2, -0.15) is 5.26 Å². The number of hydrogen-bond donors (Lipinski definition) is 0. The van der Waals surface area contributed by atoms with Crippen LogP contribution in [0.2, 0.25) is 5.02 Å². The van der Waals surface area contributed by atoms with Crippen LogP contribution in [0, 0.1) is 17.2 Å². The number of pyridine rings is 1. The van der Waals surface area contributed by atoms with Crippen LogP contribution in [0.15, 0.2) is 12.3 Å². The quantitative estimate of drug-likeness (QED) is 0.802. The number of aromatic nitrogens is 1. The van der Waals surface area contributed by atoms with Crippen LogP contribution >= 0.6 is 11.6 Å². The van der Waals surface area contributed by atoms with Gasteiger partial charge in [0, 0.05) is 42.4 Å². The fourth-order valence-corrected chi connectivity index (χ4v) is 4.63. The third-order valence-corrected chi connectivity index (χ3v) is 6.03. The van der Waals surface area contributed by atoms with Crippen LogP contribution in [0.5, 0.6) is 0 Å². The van der Waals surface area contributed by atoms with Gasteiger partial charge >= 0.3 is 0 Å². The number of amides is 2. The molecule has 1 saturated heterocycles. The molecule has 0 saturated carbocycles. The number of nitriles is 1. The number of hydrogen-bond acceptors (Lipinski definition) is 4. The third kappa shape index (κ3) is 2.72.